The van der Waals surface area contributed by atoms with Crippen molar-refractivity contribution in [3.05, 3.63) is 0 Å². The molecule has 0 saturated carbocycles. The molecule has 0 aliphatic carbocycles. The third kappa shape index (κ3) is 902. The second-order valence-corrected chi connectivity index (χ2v) is 10.4. The van der Waals surface area contributed by atoms with Gasteiger partial charge in [-0.05, 0) is 0 Å². The van der Waals surface area contributed by atoms with E-state index in [0.717, 1.165) is 0 Å². The third-order valence-corrected chi connectivity index (χ3v) is 0. The molecule has 0 unspecified atom stereocenters. The molecule has 0 heterocycles. The Morgan fingerprint density at radius 1 is 0.250 bits per heavy atom. The molecule has 0 aliphatic heterocycles. The van der Waals surface area contributed by atoms with Gasteiger partial charge in [0.15, 0.2) is 0 Å². The van der Waals surface area contributed by atoms with E-state index >= 15 is 0 Å². The van der Waals surface area contributed by atoms with Crippen LogP contribution in [0.4, 0.5) is 0 Å². The van der Waals surface area contributed by atoms with Crippen molar-refractivity contribution >= 4 is 52.4 Å². The molecule has 0 fully saturated rings. The minimum Gasteiger partial charge on any atom is 4.00 e. The van der Waals surface area contributed by atoms with E-state index in [-0.39, 0.29) is 95.8 Å². The first-order chi connectivity index (χ1) is 12.1. The summed E-state index contributed by atoms with van der Waals surface area (Å²) in [7, 11) is 0. The van der Waals surface area contributed by atoms with E-state index in [1.807, 2.05) is 0 Å². The number of rotatable bonds is 0. The summed E-state index contributed by atoms with van der Waals surface area (Å²) in [6, 6.07) is 0. The van der Waals surface area contributed by atoms with Gasteiger partial charge in [-0.1, -0.05) is 0 Å². The Kier molecular flexibility index (Phi) is 150. The first kappa shape index (κ1) is 72.0. The second-order valence-electron chi connectivity index (χ2n) is 1.75. The molecule has 4 radical (unpaired) electrons. The summed E-state index contributed by atoms with van der Waals surface area (Å²) >= 11 is -30.1. The van der Waals surface area contributed by atoms with Crippen molar-refractivity contribution in [2.45, 2.75) is 0 Å². The Morgan fingerprint density at radius 2 is 0.250 bits per heavy atom. The zero-order valence-electron chi connectivity index (χ0n) is 14.0. The van der Waals surface area contributed by atoms with E-state index in [0.29, 0.717) is 0 Å². The number of hydrogen-bond acceptors (Lipinski definition) is 21. The predicted molar refractivity (Wildman–Crippen MR) is 16.3 cm³/mol. The zero-order chi connectivity index (χ0) is 25.0. The Hall–Kier alpha value is 7.42. The summed E-state index contributed by atoms with van der Waals surface area (Å²) in [5, 5.41) is 0. The van der Waals surface area contributed by atoms with Crippen molar-refractivity contribution in [3.8, 4) is 0 Å². The minimum atomic E-state index is -4.29. The maximum absolute atomic E-state index is 8.61. The number of hydrogen-bond donors (Lipinski definition) is 0. The van der Waals surface area contributed by atoms with Crippen molar-refractivity contribution < 1.29 is 266 Å². The van der Waals surface area contributed by atoms with Crippen LogP contribution in [0, 0.1) is 0 Å². The van der Waals surface area contributed by atoms with E-state index in [1.165, 1.54) is 0 Å². The summed E-state index contributed by atoms with van der Waals surface area (Å²) in [4.78, 5) is 0. The van der Waals surface area contributed by atoms with Crippen LogP contribution in [0.25, 0.3) is 0 Å². The third-order valence-electron chi connectivity index (χ3n) is 0. The molecule has 0 atom stereocenters. The molecular formula is Bi2O21Ti2Zr7. The van der Waals surface area contributed by atoms with Crippen LogP contribution in [0.5, 0.6) is 0 Å². The quantitative estimate of drug-likeness (QED) is 0.203. The average Bonchev–Trinajstić information content (AvgIpc) is 2.20. The van der Waals surface area contributed by atoms with Crippen molar-refractivity contribution in [2.75, 3.05) is 0 Å². The fraction of sp³-hybridized carbons (Fsp3) is 0. The van der Waals surface area contributed by atoms with Crippen LogP contribution in [0.15, 0.2) is 0 Å². The molecule has 32 heteroatoms. The van der Waals surface area contributed by atoms with Crippen molar-refractivity contribution in [2.24, 2.45) is 0 Å². The first-order valence-corrected chi connectivity index (χ1v) is 25.4. The van der Waals surface area contributed by atoms with Crippen LogP contribution in [-0.2, 0) is 222 Å². The fourth-order valence-electron chi connectivity index (χ4n) is 0. The molecule has 0 N–H and O–H groups in total. The molecule has 0 amide bonds. The zero-order valence-corrected chi connectivity index (χ0v) is 41.3. The second kappa shape index (κ2) is 66.6. The molecule has 0 spiro atoms. The van der Waals surface area contributed by atoms with Crippen LogP contribution in [0.2, 0.25) is 0 Å². The van der Waals surface area contributed by atoms with Crippen LogP contribution in [0.3, 0.4) is 0 Å². The van der Waals surface area contributed by atoms with Crippen molar-refractivity contribution in [1.82, 2.24) is 0 Å². The van der Waals surface area contributed by atoms with Gasteiger partial charge in [-0.3, -0.25) is 0 Å². The van der Waals surface area contributed by atoms with Crippen LogP contribution >= 0.6 is 0 Å². The van der Waals surface area contributed by atoms with E-state index < -0.39 is 158 Å². The summed E-state index contributed by atoms with van der Waals surface area (Å²) in [5.41, 5.74) is 0. The Balaban J connectivity index is -0.0000000175. The van der Waals surface area contributed by atoms with Gasteiger partial charge in [0.05, 0.1) is 0 Å². The smallest absolute Gasteiger partial charge is 4.00 e. The van der Waals surface area contributed by atoms with Gasteiger partial charge in [0, 0.05) is 0 Å². The van der Waals surface area contributed by atoms with Crippen molar-refractivity contribution in [1.29, 1.82) is 0 Å². The van der Waals surface area contributed by atoms with Gasteiger partial charge in [0.1, 0.15) is 0 Å². The van der Waals surface area contributed by atoms with Gasteiger partial charge in [0.25, 0.3) is 0 Å². The van der Waals surface area contributed by atoms with E-state index in [2.05, 4.69) is 0 Å². The molecule has 32 heavy (non-hydrogen) atoms. The van der Waals surface area contributed by atoms with E-state index in [9.17, 15) is 0 Å². The molecular weight excluding hydrogens is 1490 g/mol. The largest absolute Gasteiger partial charge is 4.00 e. The minimum absolute atomic E-state index is 0. The molecule has 0 aliphatic rings. The Bertz CT molecular complexity index is 323. The summed E-state index contributed by atoms with van der Waals surface area (Å²) in [6.45, 7) is 0. The van der Waals surface area contributed by atoms with Gasteiger partial charge in [-0.2, -0.15) is 0 Å². The molecule has 0 bridgehead atoms. The van der Waals surface area contributed by atoms with Crippen LogP contribution in [0.1, 0.15) is 0 Å². The van der Waals surface area contributed by atoms with Crippen molar-refractivity contribution in [3.63, 3.8) is 0 Å². The Morgan fingerprint density at radius 3 is 0.250 bits per heavy atom. The van der Waals surface area contributed by atoms with E-state index in [1.54, 1.807) is 0 Å². The van der Waals surface area contributed by atoms with Gasteiger partial charge < -0.3 is 0 Å². The molecule has 0 saturated heterocycles. The Labute approximate surface area is 310 Å². The predicted octanol–water partition coefficient (Wildman–Crippen LogP) is -18.3. The molecule has 0 aromatic carbocycles. The van der Waals surface area contributed by atoms with Gasteiger partial charge >= 0.3 is 319 Å². The average molecular weight is 1490 g/mol. The molecule has 21 nitrogen and oxygen atoms in total. The summed E-state index contributed by atoms with van der Waals surface area (Å²) < 4.78 is 181. The summed E-state index contributed by atoms with van der Waals surface area (Å²) in [6.07, 6.45) is 0. The molecule has 0 aromatic rings. The molecule has 0 aromatic heterocycles. The SMILES string of the molecule is [Bi+3].[Bi+3].[O]=[Zr]([O-])[O-].[O]=[Zr]([O-])[O-].[O]=[Zr]([O-])[O-].[O]=[Zr]([O-])[O-].[O]=[Zr]([O-])[O-].[O]=[Zr]([O-])[O-].[O]=[Zr]([O-])[O-].[Ti+4].[Ti+4]. The normalized spacial score (nSPS) is 5.69. The molecule has 0 rings (SSSR count). The monoisotopic (exact) mass is 1480 g/mol. The summed E-state index contributed by atoms with van der Waals surface area (Å²) in [5.74, 6) is 0. The van der Waals surface area contributed by atoms with Gasteiger partial charge in [0.2, 0.25) is 0 Å². The van der Waals surface area contributed by atoms with Crippen LogP contribution < -0.4 is 44.6 Å². The standard InChI is InChI=1S/2Bi.21O.2Ti.7Zr/q2*+3;;;;;;;;14*-1;2*+4;;;;;;;. The maximum Gasteiger partial charge on any atom is 4.00 e. The molecule has 172 valence electrons. The topological polar surface area (TPSA) is 442 Å². The first-order valence-electron chi connectivity index (χ1n) is 4.29. The maximum atomic E-state index is 8.61. The van der Waals surface area contributed by atoms with E-state index in [4.69, 9.17) is 64.3 Å². The van der Waals surface area contributed by atoms with Gasteiger partial charge in [-0.15, -0.1) is 0 Å². The fourth-order valence-corrected chi connectivity index (χ4v) is 0. The van der Waals surface area contributed by atoms with Gasteiger partial charge in [-0.25, -0.2) is 0 Å². The van der Waals surface area contributed by atoms with Crippen LogP contribution in [-0.4, -0.2) is 52.4 Å².